The van der Waals surface area contributed by atoms with Crippen molar-refractivity contribution < 1.29 is 14.6 Å². The van der Waals surface area contributed by atoms with Crippen molar-refractivity contribution in [2.24, 2.45) is 0 Å². The molecular weight excluding hydrogens is 332 g/mol. The summed E-state index contributed by atoms with van der Waals surface area (Å²) < 4.78 is 11.7. The number of hydrogen-bond donors (Lipinski definition) is 1. The van der Waals surface area contributed by atoms with Gasteiger partial charge in [0.1, 0.15) is 11.9 Å². The van der Waals surface area contributed by atoms with Crippen LogP contribution in [0.1, 0.15) is 35.3 Å². The van der Waals surface area contributed by atoms with Gasteiger partial charge in [-0.05, 0) is 41.3 Å². The van der Waals surface area contributed by atoms with Gasteiger partial charge in [0.25, 0.3) is 0 Å². The van der Waals surface area contributed by atoms with Crippen molar-refractivity contribution in [2.75, 3.05) is 6.61 Å². The number of rotatable bonds is 4. The molecule has 3 rings (SSSR count). The lowest BCUT2D eigenvalue weighted by Crippen LogP contribution is -2.02. The van der Waals surface area contributed by atoms with E-state index < -0.39 is 6.10 Å². The Morgan fingerprint density at radius 3 is 2.76 bits per heavy atom. The van der Waals surface area contributed by atoms with Gasteiger partial charge in [0.15, 0.2) is 0 Å². The summed E-state index contributed by atoms with van der Waals surface area (Å²) in [5.41, 5.74) is 4.08. The first-order valence-electron chi connectivity index (χ1n) is 6.98. The molecule has 2 aromatic rings. The van der Waals surface area contributed by atoms with Crippen LogP contribution in [0.2, 0.25) is 0 Å². The van der Waals surface area contributed by atoms with Crippen molar-refractivity contribution in [2.45, 2.75) is 26.2 Å². The van der Waals surface area contributed by atoms with Crippen molar-refractivity contribution in [3.63, 3.8) is 0 Å². The number of benzene rings is 2. The van der Waals surface area contributed by atoms with Crippen LogP contribution in [0.3, 0.4) is 0 Å². The molecule has 0 radical (unpaired) electrons. The van der Waals surface area contributed by atoms with Crippen molar-refractivity contribution in [3.05, 3.63) is 63.1 Å². The molecule has 0 fully saturated rings. The molecule has 1 unspecified atom stereocenters. The minimum absolute atomic E-state index is 0.624. The summed E-state index contributed by atoms with van der Waals surface area (Å²) in [6.45, 7) is 3.86. The molecule has 110 valence electrons. The molecule has 21 heavy (non-hydrogen) atoms. The van der Waals surface area contributed by atoms with Gasteiger partial charge in [0.05, 0.1) is 19.8 Å². The maximum atomic E-state index is 10.6. The zero-order valence-corrected chi connectivity index (χ0v) is 13.4. The van der Waals surface area contributed by atoms with E-state index in [2.05, 4.69) is 15.9 Å². The lowest BCUT2D eigenvalue weighted by atomic mass is 9.98. The van der Waals surface area contributed by atoms with E-state index in [4.69, 9.17) is 9.47 Å². The normalized spacial score (nSPS) is 14.8. The Bertz CT molecular complexity index is 654. The molecule has 1 aliphatic rings. The highest BCUT2D eigenvalue weighted by molar-refractivity contribution is 9.10. The fourth-order valence-corrected chi connectivity index (χ4v) is 3.10. The van der Waals surface area contributed by atoms with Gasteiger partial charge < -0.3 is 14.6 Å². The molecule has 0 aliphatic carbocycles. The molecule has 3 nitrogen and oxygen atoms in total. The second kappa shape index (κ2) is 6.18. The van der Waals surface area contributed by atoms with Crippen LogP contribution in [-0.2, 0) is 18.0 Å². The molecule has 1 atom stereocenters. The van der Waals surface area contributed by atoms with Gasteiger partial charge in [-0.2, -0.15) is 0 Å². The molecule has 2 aromatic carbocycles. The zero-order valence-electron chi connectivity index (χ0n) is 11.8. The Labute approximate surface area is 132 Å². The Morgan fingerprint density at radius 2 is 2.00 bits per heavy atom. The first-order chi connectivity index (χ1) is 10.2. The second-order valence-corrected chi connectivity index (χ2v) is 5.89. The predicted molar refractivity (Wildman–Crippen MR) is 84.3 cm³/mol. The smallest absolute Gasteiger partial charge is 0.120 e. The summed E-state index contributed by atoms with van der Waals surface area (Å²) in [4.78, 5) is 0. The number of ether oxygens (including phenoxy) is 2. The molecule has 1 aliphatic heterocycles. The van der Waals surface area contributed by atoms with Crippen LogP contribution in [0.5, 0.6) is 5.75 Å². The predicted octanol–water partition coefficient (Wildman–Crippen LogP) is 3.96. The summed E-state index contributed by atoms with van der Waals surface area (Å²) in [6, 6.07) is 11.7. The van der Waals surface area contributed by atoms with E-state index >= 15 is 0 Å². The molecule has 4 heteroatoms. The van der Waals surface area contributed by atoms with Crippen molar-refractivity contribution in [1.82, 2.24) is 0 Å². The first kappa shape index (κ1) is 14.6. The van der Waals surface area contributed by atoms with Gasteiger partial charge in [0.2, 0.25) is 0 Å². The molecular formula is C17H17BrO3. The van der Waals surface area contributed by atoms with Crippen LogP contribution < -0.4 is 4.74 Å². The van der Waals surface area contributed by atoms with Crippen LogP contribution in [0.15, 0.2) is 40.9 Å². The van der Waals surface area contributed by atoms with Gasteiger partial charge in [-0.25, -0.2) is 0 Å². The number of hydrogen-bond acceptors (Lipinski definition) is 3. The quantitative estimate of drug-likeness (QED) is 0.908. The highest BCUT2D eigenvalue weighted by Crippen LogP contribution is 2.33. The average molecular weight is 349 g/mol. The molecule has 0 aromatic heterocycles. The van der Waals surface area contributed by atoms with E-state index in [1.54, 1.807) is 0 Å². The van der Waals surface area contributed by atoms with E-state index in [0.29, 0.717) is 19.8 Å². The molecule has 0 saturated carbocycles. The van der Waals surface area contributed by atoms with Crippen LogP contribution in [0, 0.1) is 0 Å². The summed E-state index contributed by atoms with van der Waals surface area (Å²) in [7, 11) is 0. The zero-order chi connectivity index (χ0) is 14.8. The molecule has 1 N–H and O–H groups in total. The Morgan fingerprint density at radius 1 is 1.19 bits per heavy atom. The summed E-state index contributed by atoms with van der Waals surface area (Å²) >= 11 is 3.51. The van der Waals surface area contributed by atoms with E-state index in [-0.39, 0.29) is 0 Å². The van der Waals surface area contributed by atoms with Crippen LogP contribution in [0.4, 0.5) is 0 Å². The van der Waals surface area contributed by atoms with Crippen LogP contribution >= 0.6 is 15.9 Å². The highest BCUT2D eigenvalue weighted by Gasteiger charge is 2.18. The molecule has 0 saturated heterocycles. The summed E-state index contributed by atoms with van der Waals surface area (Å²) in [5.74, 6) is 0.794. The molecule has 0 spiro atoms. The number of aliphatic hydroxyl groups is 1. The summed E-state index contributed by atoms with van der Waals surface area (Å²) in [5, 5.41) is 10.6. The van der Waals surface area contributed by atoms with Gasteiger partial charge in [-0.1, -0.05) is 40.2 Å². The highest BCUT2D eigenvalue weighted by atomic mass is 79.9. The van der Waals surface area contributed by atoms with E-state index in [1.807, 2.05) is 43.3 Å². The van der Waals surface area contributed by atoms with E-state index in [1.165, 1.54) is 5.56 Å². The van der Waals surface area contributed by atoms with E-state index in [9.17, 15) is 5.11 Å². The Hall–Kier alpha value is -1.36. The van der Waals surface area contributed by atoms with Gasteiger partial charge >= 0.3 is 0 Å². The van der Waals surface area contributed by atoms with Gasteiger partial charge in [-0.15, -0.1) is 0 Å². The minimum atomic E-state index is -0.666. The summed E-state index contributed by atoms with van der Waals surface area (Å²) in [6.07, 6.45) is -0.666. The topological polar surface area (TPSA) is 38.7 Å². The van der Waals surface area contributed by atoms with Crippen LogP contribution in [-0.4, -0.2) is 11.7 Å². The van der Waals surface area contributed by atoms with Crippen LogP contribution in [0.25, 0.3) is 0 Å². The van der Waals surface area contributed by atoms with Crippen molar-refractivity contribution in [3.8, 4) is 5.75 Å². The standard InChI is InChI=1S/C17H17BrO3/c1-2-21-14-5-6-15(16(18)8-14)17(19)11-3-4-12-9-20-10-13(12)7-11/h3-8,17,19H,2,9-10H2,1H3. The molecule has 0 bridgehead atoms. The number of halogens is 1. The monoisotopic (exact) mass is 348 g/mol. The molecule has 0 amide bonds. The third-order valence-corrected chi connectivity index (χ3v) is 4.33. The average Bonchev–Trinajstić information content (AvgIpc) is 2.94. The second-order valence-electron chi connectivity index (χ2n) is 5.04. The largest absolute Gasteiger partial charge is 0.494 e. The Balaban J connectivity index is 1.89. The maximum Gasteiger partial charge on any atom is 0.120 e. The van der Waals surface area contributed by atoms with Crippen molar-refractivity contribution >= 4 is 15.9 Å². The lowest BCUT2D eigenvalue weighted by molar-refractivity contribution is 0.134. The first-order valence-corrected chi connectivity index (χ1v) is 7.78. The third kappa shape index (κ3) is 2.98. The molecule has 1 heterocycles. The fourth-order valence-electron chi connectivity index (χ4n) is 2.53. The maximum absolute atomic E-state index is 10.6. The number of aliphatic hydroxyl groups excluding tert-OH is 1. The fraction of sp³-hybridized carbons (Fsp3) is 0.294. The van der Waals surface area contributed by atoms with E-state index in [0.717, 1.165) is 26.9 Å². The van der Waals surface area contributed by atoms with Gasteiger partial charge in [-0.3, -0.25) is 0 Å². The minimum Gasteiger partial charge on any atom is -0.494 e. The van der Waals surface area contributed by atoms with Gasteiger partial charge in [0, 0.05) is 4.47 Å². The number of fused-ring (bicyclic) bond motifs is 1. The Kier molecular flexibility index (Phi) is 4.29. The van der Waals surface area contributed by atoms with Crippen molar-refractivity contribution in [1.29, 1.82) is 0 Å². The third-order valence-electron chi connectivity index (χ3n) is 3.64. The SMILES string of the molecule is CCOc1ccc(C(O)c2ccc3c(c2)COC3)c(Br)c1. The lowest BCUT2D eigenvalue weighted by Gasteiger charge is -2.15.